The Bertz CT molecular complexity index is 1020. The average molecular weight is 409 g/mol. The Hall–Kier alpha value is -2.22. The molecule has 0 unspecified atom stereocenters. The topological polar surface area (TPSA) is 76.9 Å². The normalized spacial score (nSPS) is 10.7. The molecule has 26 heavy (non-hydrogen) atoms. The molecule has 0 bridgehead atoms. The van der Waals surface area contributed by atoms with Crippen molar-refractivity contribution in [3.63, 3.8) is 0 Å². The molecule has 0 aliphatic heterocycles. The van der Waals surface area contributed by atoms with E-state index in [1.54, 1.807) is 5.38 Å². The number of nitrogens with one attached hydrogen (secondary N) is 1. The van der Waals surface area contributed by atoms with E-state index in [4.69, 9.17) is 23.2 Å². The third-order valence-corrected chi connectivity index (χ3v) is 5.23. The number of thiazole rings is 1. The first-order valence-corrected chi connectivity index (χ1v) is 9.27. The number of carbonyl (C=O) groups is 1. The van der Waals surface area contributed by atoms with Crippen LogP contribution in [0.15, 0.2) is 40.6 Å². The highest BCUT2D eigenvalue weighted by Crippen LogP contribution is 2.17. The minimum absolute atomic E-state index is 0.0743. The highest BCUT2D eigenvalue weighted by atomic mass is 35.5. The molecule has 2 heterocycles. The Labute approximate surface area is 163 Å². The van der Waals surface area contributed by atoms with Crippen molar-refractivity contribution in [1.29, 1.82) is 0 Å². The fourth-order valence-electron chi connectivity index (χ4n) is 2.26. The highest BCUT2D eigenvalue weighted by molar-refractivity contribution is 7.09. The summed E-state index contributed by atoms with van der Waals surface area (Å²) in [5, 5.41) is 9.28. The molecule has 0 aliphatic rings. The van der Waals surface area contributed by atoms with Gasteiger partial charge in [0, 0.05) is 11.1 Å². The number of benzene rings is 1. The fraction of sp³-hybridized carbons (Fsp3) is 0.176. The van der Waals surface area contributed by atoms with Crippen molar-refractivity contribution in [1.82, 2.24) is 14.8 Å². The lowest BCUT2D eigenvalue weighted by Crippen LogP contribution is -2.24. The summed E-state index contributed by atoms with van der Waals surface area (Å²) in [6, 6.07) is 7.56. The molecule has 0 fully saturated rings. The lowest BCUT2D eigenvalue weighted by molar-refractivity contribution is -0.115. The highest BCUT2D eigenvalue weighted by Gasteiger charge is 2.12. The van der Waals surface area contributed by atoms with E-state index in [2.05, 4.69) is 15.4 Å². The van der Waals surface area contributed by atoms with Crippen LogP contribution in [0.1, 0.15) is 16.3 Å². The van der Waals surface area contributed by atoms with E-state index in [9.17, 15) is 9.59 Å². The monoisotopic (exact) mass is 408 g/mol. The standard InChI is InChI=1S/C17H14Cl2N4O2S/c1-10-4-2-3-5-13(10)22-14(24)6-15-21-11(9-26-15)8-23-17(25)16(19)12(18)7-20-23/h2-5,7,9H,6,8H2,1H3,(H,22,24). The molecule has 3 rings (SSSR count). The lowest BCUT2D eigenvalue weighted by atomic mass is 10.2. The zero-order valence-corrected chi connectivity index (χ0v) is 16.0. The van der Waals surface area contributed by atoms with Crippen LogP contribution in [0.3, 0.4) is 0 Å². The average Bonchev–Trinajstić information content (AvgIpc) is 3.04. The third-order valence-electron chi connectivity index (χ3n) is 3.58. The minimum Gasteiger partial charge on any atom is -0.325 e. The van der Waals surface area contributed by atoms with Gasteiger partial charge in [0.25, 0.3) is 5.56 Å². The lowest BCUT2D eigenvalue weighted by Gasteiger charge is -2.06. The van der Waals surface area contributed by atoms with Crippen molar-refractivity contribution in [2.75, 3.05) is 5.32 Å². The summed E-state index contributed by atoms with van der Waals surface area (Å²) in [7, 11) is 0. The number of hydrogen-bond donors (Lipinski definition) is 1. The number of aromatic nitrogens is 3. The van der Waals surface area contributed by atoms with Crippen molar-refractivity contribution in [2.45, 2.75) is 19.9 Å². The van der Waals surface area contributed by atoms with Gasteiger partial charge in [0.2, 0.25) is 5.91 Å². The molecule has 6 nitrogen and oxygen atoms in total. The molecular formula is C17H14Cl2N4O2S. The smallest absolute Gasteiger partial charge is 0.287 e. The van der Waals surface area contributed by atoms with E-state index in [1.807, 2.05) is 31.2 Å². The van der Waals surface area contributed by atoms with Gasteiger partial charge in [-0.1, -0.05) is 41.4 Å². The quantitative estimate of drug-likeness (QED) is 0.699. The number of anilines is 1. The minimum atomic E-state index is -0.481. The van der Waals surface area contributed by atoms with Gasteiger partial charge in [0.1, 0.15) is 10.0 Å². The Morgan fingerprint density at radius 1 is 1.31 bits per heavy atom. The molecule has 0 atom stereocenters. The Morgan fingerprint density at radius 2 is 2.08 bits per heavy atom. The molecule has 1 aromatic carbocycles. The maximum absolute atomic E-state index is 12.2. The van der Waals surface area contributed by atoms with Crippen LogP contribution in [0, 0.1) is 6.92 Å². The third kappa shape index (κ3) is 4.30. The predicted molar refractivity (Wildman–Crippen MR) is 103 cm³/mol. The van der Waals surface area contributed by atoms with Gasteiger partial charge in [-0.3, -0.25) is 9.59 Å². The summed E-state index contributed by atoms with van der Waals surface area (Å²) in [5.41, 5.74) is 1.92. The number of rotatable bonds is 5. The summed E-state index contributed by atoms with van der Waals surface area (Å²) < 4.78 is 1.18. The zero-order chi connectivity index (χ0) is 18.7. The maximum Gasteiger partial charge on any atom is 0.287 e. The Balaban J connectivity index is 1.67. The number of para-hydroxylation sites is 1. The molecule has 0 saturated heterocycles. The molecule has 2 aromatic heterocycles. The van der Waals surface area contributed by atoms with Gasteiger partial charge < -0.3 is 5.32 Å². The predicted octanol–water partition coefficient (Wildman–Crippen LogP) is 3.54. The Morgan fingerprint density at radius 3 is 2.85 bits per heavy atom. The molecule has 134 valence electrons. The first-order chi connectivity index (χ1) is 12.4. The van der Waals surface area contributed by atoms with Gasteiger partial charge in [0.15, 0.2) is 0 Å². The van der Waals surface area contributed by atoms with Gasteiger partial charge in [-0.2, -0.15) is 5.10 Å². The fourth-order valence-corrected chi connectivity index (χ4v) is 3.31. The number of hydrogen-bond acceptors (Lipinski definition) is 5. The Kier molecular flexibility index (Phi) is 5.70. The van der Waals surface area contributed by atoms with E-state index in [1.165, 1.54) is 22.2 Å². The van der Waals surface area contributed by atoms with Crippen molar-refractivity contribution in [3.05, 3.63) is 72.5 Å². The molecule has 0 spiro atoms. The second-order valence-electron chi connectivity index (χ2n) is 5.54. The van der Waals surface area contributed by atoms with E-state index < -0.39 is 5.56 Å². The summed E-state index contributed by atoms with van der Waals surface area (Å²) in [6.07, 6.45) is 1.47. The molecule has 0 aliphatic carbocycles. The molecular weight excluding hydrogens is 395 g/mol. The first kappa shape index (κ1) is 18.6. The molecule has 3 aromatic rings. The first-order valence-electron chi connectivity index (χ1n) is 7.64. The number of aryl methyl sites for hydroxylation is 1. The van der Waals surface area contributed by atoms with Gasteiger partial charge in [-0.25, -0.2) is 9.67 Å². The molecule has 9 heteroatoms. The zero-order valence-electron chi connectivity index (χ0n) is 13.7. The van der Waals surface area contributed by atoms with Crippen LogP contribution in [0.2, 0.25) is 10.0 Å². The van der Waals surface area contributed by atoms with Crippen LogP contribution in [-0.4, -0.2) is 20.7 Å². The van der Waals surface area contributed by atoms with E-state index in [-0.39, 0.29) is 28.9 Å². The number of halogens is 2. The maximum atomic E-state index is 12.2. The van der Waals surface area contributed by atoms with Crippen molar-refractivity contribution in [3.8, 4) is 0 Å². The van der Waals surface area contributed by atoms with Crippen LogP contribution in [0.25, 0.3) is 0 Å². The number of carbonyl (C=O) groups excluding carboxylic acids is 1. The summed E-state index contributed by atoms with van der Waals surface area (Å²) in [6.45, 7) is 2.09. The largest absolute Gasteiger partial charge is 0.325 e. The SMILES string of the molecule is Cc1ccccc1NC(=O)Cc1nc(Cn2ncc(Cl)c(Cl)c2=O)cs1. The van der Waals surface area contributed by atoms with E-state index >= 15 is 0 Å². The second-order valence-corrected chi connectivity index (χ2v) is 7.27. The number of amides is 1. The summed E-state index contributed by atoms with van der Waals surface area (Å²) >= 11 is 12.9. The second kappa shape index (κ2) is 7.99. The van der Waals surface area contributed by atoms with Crippen LogP contribution < -0.4 is 10.9 Å². The molecule has 1 N–H and O–H groups in total. The van der Waals surface area contributed by atoms with Crippen molar-refractivity contribution in [2.24, 2.45) is 0 Å². The van der Waals surface area contributed by atoms with Crippen LogP contribution in [0.4, 0.5) is 5.69 Å². The molecule has 0 saturated carbocycles. The van der Waals surface area contributed by atoms with Crippen LogP contribution in [0.5, 0.6) is 0 Å². The number of nitrogens with zero attached hydrogens (tertiary/aromatic N) is 3. The molecule has 1 amide bonds. The van der Waals surface area contributed by atoms with E-state index in [0.717, 1.165) is 11.3 Å². The van der Waals surface area contributed by atoms with Crippen LogP contribution >= 0.6 is 34.5 Å². The summed E-state index contributed by atoms with van der Waals surface area (Å²) in [4.78, 5) is 28.6. The van der Waals surface area contributed by atoms with Crippen molar-refractivity contribution < 1.29 is 4.79 Å². The van der Waals surface area contributed by atoms with Gasteiger partial charge in [0.05, 0.1) is 29.9 Å². The molecule has 0 radical (unpaired) electrons. The van der Waals surface area contributed by atoms with E-state index in [0.29, 0.717) is 10.7 Å². The van der Waals surface area contributed by atoms with Gasteiger partial charge in [-0.05, 0) is 18.6 Å². The van der Waals surface area contributed by atoms with Gasteiger partial charge >= 0.3 is 0 Å². The van der Waals surface area contributed by atoms with Crippen LogP contribution in [-0.2, 0) is 17.8 Å². The van der Waals surface area contributed by atoms with Crippen molar-refractivity contribution >= 4 is 46.1 Å². The van der Waals surface area contributed by atoms with Gasteiger partial charge in [-0.15, -0.1) is 11.3 Å². The summed E-state index contributed by atoms with van der Waals surface area (Å²) in [5.74, 6) is -0.148.